The van der Waals surface area contributed by atoms with Crippen LogP contribution in [0.2, 0.25) is 0 Å². The summed E-state index contributed by atoms with van der Waals surface area (Å²) >= 11 is 0. The van der Waals surface area contributed by atoms with Crippen molar-refractivity contribution in [2.24, 2.45) is 0 Å². The Hall–Kier alpha value is -3.15. The van der Waals surface area contributed by atoms with Crippen molar-refractivity contribution in [3.63, 3.8) is 0 Å². The molecule has 1 fully saturated rings. The number of benzene rings is 3. The molecule has 0 saturated carbocycles. The highest BCUT2D eigenvalue weighted by atomic mass is 16.5. The number of amides is 1. The minimum Gasteiger partial charge on any atom is -0.493 e. The van der Waals surface area contributed by atoms with Crippen LogP contribution < -0.4 is 18.9 Å². The van der Waals surface area contributed by atoms with Gasteiger partial charge in [0.1, 0.15) is 0 Å². The fourth-order valence-corrected chi connectivity index (χ4v) is 4.07. The van der Waals surface area contributed by atoms with Crippen LogP contribution in [0.5, 0.6) is 23.0 Å². The van der Waals surface area contributed by atoms with Gasteiger partial charge in [0.25, 0.3) is 5.91 Å². The molecule has 0 aliphatic carbocycles. The van der Waals surface area contributed by atoms with E-state index in [1.165, 1.54) is 0 Å². The summed E-state index contributed by atoms with van der Waals surface area (Å²) in [6.45, 7) is 1.58. The van der Waals surface area contributed by atoms with Crippen LogP contribution in [0.15, 0.2) is 30.3 Å². The average molecular weight is 395 g/mol. The second-order valence-corrected chi connectivity index (χ2v) is 7.10. The van der Waals surface area contributed by atoms with E-state index in [1.54, 1.807) is 28.4 Å². The van der Waals surface area contributed by atoms with Crippen molar-refractivity contribution in [1.82, 2.24) is 4.90 Å². The summed E-state index contributed by atoms with van der Waals surface area (Å²) in [5.74, 6) is 2.50. The number of carbonyl (C=O) groups excluding carboxylic acids is 1. The molecule has 0 unspecified atom stereocenters. The fraction of sp³-hybridized carbons (Fsp3) is 0.348. The maximum absolute atomic E-state index is 13.3. The van der Waals surface area contributed by atoms with Crippen molar-refractivity contribution in [2.75, 3.05) is 41.5 Å². The largest absolute Gasteiger partial charge is 0.493 e. The lowest BCUT2D eigenvalue weighted by Gasteiger charge is -2.19. The molecule has 0 atom stereocenters. The van der Waals surface area contributed by atoms with Gasteiger partial charge in [0, 0.05) is 18.7 Å². The number of carbonyl (C=O) groups is 1. The molecule has 1 saturated heterocycles. The summed E-state index contributed by atoms with van der Waals surface area (Å²) in [6, 6.07) is 9.58. The molecule has 0 spiro atoms. The predicted molar refractivity (Wildman–Crippen MR) is 113 cm³/mol. The Kier molecular flexibility index (Phi) is 5.09. The van der Waals surface area contributed by atoms with Gasteiger partial charge in [-0.2, -0.15) is 0 Å². The highest BCUT2D eigenvalue weighted by Crippen LogP contribution is 2.41. The summed E-state index contributed by atoms with van der Waals surface area (Å²) in [4.78, 5) is 15.2. The molecule has 3 aromatic carbocycles. The predicted octanol–water partition coefficient (Wildman–Crippen LogP) is 4.26. The Morgan fingerprint density at radius 1 is 0.690 bits per heavy atom. The van der Waals surface area contributed by atoms with E-state index in [2.05, 4.69) is 0 Å². The van der Waals surface area contributed by atoms with Crippen LogP contribution in [-0.4, -0.2) is 52.3 Å². The van der Waals surface area contributed by atoms with E-state index in [0.717, 1.165) is 47.5 Å². The van der Waals surface area contributed by atoms with Gasteiger partial charge in [-0.1, -0.05) is 0 Å². The smallest absolute Gasteiger partial charge is 0.254 e. The van der Waals surface area contributed by atoms with Crippen molar-refractivity contribution in [1.29, 1.82) is 0 Å². The van der Waals surface area contributed by atoms with Gasteiger partial charge in [-0.3, -0.25) is 4.79 Å². The van der Waals surface area contributed by atoms with Gasteiger partial charge in [-0.05, 0) is 64.7 Å². The molecule has 4 rings (SSSR count). The Morgan fingerprint density at radius 2 is 1.17 bits per heavy atom. The van der Waals surface area contributed by atoms with Crippen molar-refractivity contribution in [3.8, 4) is 23.0 Å². The molecular weight excluding hydrogens is 370 g/mol. The Bertz CT molecular complexity index is 1090. The van der Waals surface area contributed by atoms with Crippen LogP contribution in [0.3, 0.4) is 0 Å². The Balaban J connectivity index is 2.07. The topological polar surface area (TPSA) is 57.2 Å². The van der Waals surface area contributed by atoms with Crippen LogP contribution in [-0.2, 0) is 0 Å². The van der Waals surface area contributed by atoms with E-state index >= 15 is 0 Å². The first-order valence-corrected chi connectivity index (χ1v) is 9.65. The fourth-order valence-electron chi connectivity index (χ4n) is 4.07. The van der Waals surface area contributed by atoms with E-state index in [4.69, 9.17) is 18.9 Å². The quantitative estimate of drug-likeness (QED) is 0.604. The molecule has 6 heteroatoms. The minimum atomic E-state index is 0.0383. The van der Waals surface area contributed by atoms with Crippen molar-refractivity contribution in [2.45, 2.75) is 12.8 Å². The van der Waals surface area contributed by atoms with Crippen molar-refractivity contribution < 1.29 is 23.7 Å². The van der Waals surface area contributed by atoms with Crippen LogP contribution in [0, 0.1) is 0 Å². The standard InChI is InChI=1S/C23H25NO5/c1-26-19-10-14-9-18(23(25)24-7-5-6-8-24)17-13-22(29-4)21(28-3)12-16(17)15(14)11-20(19)27-2/h9-13H,5-8H2,1-4H3. The first-order valence-electron chi connectivity index (χ1n) is 9.65. The number of methoxy groups -OCH3 is 4. The summed E-state index contributed by atoms with van der Waals surface area (Å²) < 4.78 is 22.0. The number of ether oxygens (including phenoxy) is 4. The maximum Gasteiger partial charge on any atom is 0.254 e. The van der Waals surface area contributed by atoms with Gasteiger partial charge in [-0.25, -0.2) is 0 Å². The third-order valence-corrected chi connectivity index (χ3v) is 5.58. The highest BCUT2D eigenvalue weighted by molar-refractivity contribution is 6.18. The molecule has 0 aromatic heterocycles. The molecule has 1 aliphatic rings. The first-order chi connectivity index (χ1) is 14.1. The van der Waals surface area contributed by atoms with Gasteiger partial charge >= 0.3 is 0 Å². The first kappa shape index (κ1) is 19.2. The number of hydrogen-bond acceptors (Lipinski definition) is 5. The monoisotopic (exact) mass is 395 g/mol. The van der Waals surface area contributed by atoms with Gasteiger partial charge in [0.05, 0.1) is 28.4 Å². The second kappa shape index (κ2) is 7.70. The van der Waals surface area contributed by atoms with Crippen LogP contribution in [0.4, 0.5) is 0 Å². The zero-order valence-corrected chi connectivity index (χ0v) is 17.2. The lowest BCUT2D eigenvalue weighted by molar-refractivity contribution is 0.0795. The Labute approximate surface area is 169 Å². The van der Waals surface area contributed by atoms with E-state index in [0.29, 0.717) is 28.6 Å². The third kappa shape index (κ3) is 3.18. The number of rotatable bonds is 5. The zero-order chi connectivity index (χ0) is 20.5. The molecule has 152 valence electrons. The zero-order valence-electron chi connectivity index (χ0n) is 17.2. The second-order valence-electron chi connectivity index (χ2n) is 7.10. The van der Waals surface area contributed by atoms with E-state index in [1.807, 2.05) is 35.2 Å². The molecular formula is C23H25NO5. The van der Waals surface area contributed by atoms with Gasteiger partial charge in [-0.15, -0.1) is 0 Å². The van der Waals surface area contributed by atoms with Crippen LogP contribution >= 0.6 is 0 Å². The average Bonchev–Trinajstić information content (AvgIpc) is 3.30. The van der Waals surface area contributed by atoms with Gasteiger partial charge in [0.15, 0.2) is 23.0 Å². The number of likely N-dealkylation sites (tertiary alicyclic amines) is 1. The molecule has 0 radical (unpaired) electrons. The summed E-state index contributed by atoms with van der Waals surface area (Å²) in [7, 11) is 6.42. The molecule has 6 nitrogen and oxygen atoms in total. The highest BCUT2D eigenvalue weighted by Gasteiger charge is 2.24. The van der Waals surface area contributed by atoms with Crippen LogP contribution in [0.25, 0.3) is 21.5 Å². The normalized spacial score (nSPS) is 13.7. The lowest BCUT2D eigenvalue weighted by atomic mass is 9.95. The van der Waals surface area contributed by atoms with E-state index < -0.39 is 0 Å². The molecule has 0 N–H and O–H groups in total. The number of nitrogens with zero attached hydrogens (tertiary/aromatic N) is 1. The molecule has 0 bridgehead atoms. The third-order valence-electron chi connectivity index (χ3n) is 5.58. The number of hydrogen-bond donors (Lipinski definition) is 0. The summed E-state index contributed by atoms with van der Waals surface area (Å²) in [6.07, 6.45) is 2.08. The molecule has 1 amide bonds. The van der Waals surface area contributed by atoms with Crippen molar-refractivity contribution >= 4 is 27.5 Å². The molecule has 29 heavy (non-hydrogen) atoms. The van der Waals surface area contributed by atoms with E-state index in [9.17, 15) is 4.79 Å². The van der Waals surface area contributed by atoms with E-state index in [-0.39, 0.29) is 5.91 Å². The van der Waals surface area contributed by atoms with Gasteiger partial charge < -0.3 is 23.8 Å². The molecule has 1 aliphatic heterocycles. The molecule has 3 aromatic rings. The number of fused-ring (bicyclic) bond motifs is 3. The van der Waals surface area contributed by atoms with Crippen molar-refractivity contribution in [3.05, 3.63) is 35.9 Å². The minimum absolute atomic E-state index is 0.0383. The Morgan fingerprint density at radius 3 is 1.72 bits per heavy atom. The van der Waals surface area contributed by atoms with Crippen LogP contribution in [0.1, 0.15) is 23.2 Å². The lowest BCUT2D eigenvalue weighted by Crippen LogP contribution is -2.27. The SMILES string of the molecule is COc1cc2cc(C(=O)N3CCCC3)c3cc(OC)c(OC)cc3c2cc1OC. The summed E-state index contributed by atoms with van der Waals surface area (Å²) in [5.41, 5.74) is 0.655. The van der Waals surface area contributed by atoms with Gasteiger partial charge in [0.2, 0.25) is 0 Å². The summed E-state index contributed by atoms with van der Waals surface area (Å²) in [5, 5.41) is 3.60. The maximum atomic E-state index is 13.3. The molecule has 1 heterocycles.